The highest BCUT2D eigenvalue weighted by molar-refractivity contribution is 8.00. The molecule has 0 bridgehead atoms. The van der Waals surface area contributed by atoms with Crippen LogP contribution in [0.3, 0.4) is 0 Å². The molecule has 9 heteroatoms. The van der Waals surface area contributed by atoms with Gasteiger partial charge in [0.2, 0.25) is 11.8 Å². The molecular formula is C32H35N5O3S. The molecule has 0 spiro atoms. The van der Waals surface area contributed by atoms with Crippen molar-refractivity contribution in [3.63, 3.8) is 0 Å². The SMILES string of the molecule is COc1ccc(-n2nc(C(C)(C)C)c3c2N(CC(=O)NCc2cccnc2)C(=O)CS[C@H]3c2cccc(C)c2)cc1. The number of fused-ring (bicyclic) bond motifs is 1. The average Bonchev–Trinajstić information content (AvgIpc) is 3.30. The first kappa shape index (κ1) is 28.4. The smallest absolute Gasteiger partial charge is 0.240 e. The van der Waals surface area contributed by atoms with E-state index >= 15 is 0 Å². The van der Waals surface area contributed by atoms with E-state index in [1.165, 1.54) is 0 Å². The number of carbonyl (C=O) groups is 2. The first-order valence-electron chi connectivity index (χ1n) is 13.6. The molecule has 2 aromatic heterocycles. The highest BCUT2D eigenvalue weighted by atomic mass is 32.2. The van der Waals surface area contributed by atoms with E-state index < -0.39 is 0 Å². The zero-order valence-corrected chi connectivity index (χ0v) is 24.9. The Hall–Kier alpha value is -4.11. The van der Waals surface area contributed by atoms with Gasteiger partial charge in [0.25, 0.3) is 0 Å². The standard InChI is InChI=1S/C32H35N5O3S/c1-21-8-6-10-23(16-21)29-28-30(32(2,3)4)35-37(24-11-13-25(40-5)14-12-24)31(28)36(27(39)20-41-29)19-26(38)34-18-22-9-7-15-33-17-22/h6-17,29H,18-20H2,1-5H3,(H,34,38)/t29-/m0/s1. The summed E-state index contributed by atoms with van der Waals surface area (Å²) in [5, 5.41) is 7.96. The summed E-state index contributed by atoms with van der Waals surface area (Å²) in [5.41, 5.74) is 5.43. The summed E-state index contributed by atoms with van der Waals surface area (Å²) in [6.45, 7) is 8.66. The van der Waals surface area contributed by atoms with Crippen LogP contribution in [-0.2, 0) is 21.5 Å². The van der Waals surface area contributed by atoms with Crippen LogP contribution in [0.2, 0.25) is 0 Å². The van der Waals surface area contributed by atoms with Gasteiger partial charge in [-0.1, -0.05) is 56.7 Å². The summed E-state index contributed by atoms with van der Waals surface area (Å²) in [6.07, 6.45) is 3.41. The minimum Gasteiger partial charge on any atom is -0.497 e. The van der Waals surface area contributed by atoms with Crippen molar-refractivity contribution in [2.24, 2.45) is 0 Å². The molecule has 1 atom stereocenters. The Morgan fingerprint density at radius 1 is 1.12 bits per heavy atom. The number of hydrogen-bond donors (Lipinski definition) is 1. The zero-order valence-electron chi connectivity index (χ0n) is 24.0. The maximum atomic E-state index is 13.8. The van der Waals surface area contributed by atoms with Gasteiger partial charge in [0.05, 0.1) is 29.5 Å². The second-order valence-electron chi connectivity index (χ2n) is 11.2. The number of aromatic nitrogens is 3. The summed E-state index contributed by atoms with van der Waals surface area (Å²) < 4.78 is 7.20. The molecule has 2 aromatic carbocycles. The number of thioether (sulfide) groups is 1. The van der Waals surface area contributed by atoms with Crippen LogP contribution in [0.5, 0.6) is 5.75 Å². The molecule has 1 aliphatic heterocycles. The van der Waals surface area contributed by atoms with E-state index in [0.717, 1.165) is 39.4 Å². The number of amides is 2. The van der Waals surface area contributed by atoms with Gasteiger partial charge in [0.15, 0.2) is 0 Å². The quantitative estimate of drug-likeness (QED) is 0.322. The maximum Gasteiger partial charge on any atom is 0.240 e. The van der Waals surface area contributed by atoms with Crippen LogP contribution in [0.15, 0.2) is 73.1 Å². The molecule has 1 N–H and O–H groups in total. The molecular weight excluding hydrogens is 534 g/mol. The van der Waals surface area contributed by atoms with E-state index in [1.54, 1.807) is 36.2 Å². The second-order valence-corrected chi connectivity index (χ2v) is 12.3. The average molecular weight is 570 g/mol. The fraction of sp³-hybridized carbons (Fsp3) is 0.312. The van der Waals surface area contributed by atoms with Gasteiger partial charge in [-0.25, -0.2) is 4.68 Å². The Morgan fingerprint density at radius 2 is 1.90 bits per heavy atom. The molecule has 0 unspecified atom stereocenters. The number of benzene rings is 2. The van der Waals surface area contributed by atoms with Crippen molar-refractivity contribution < 1.29 is 14.3 Å². The maximum absolute atomic E-state index is 13.8. The van der Waals surface area contributed by atoms with E-state index in [2.05, 4.69) is 56.2 Å². The molecule has 4 aromatic rings. The Bertz CT molecular complexity index is 1540. The van der Waals surface area contributed by atoms with Crippen LogP contribution in [0.4, 0.5) is 5.82 Å². The minimum atomic E-state index is -0.327. The lowest BCUT2D eigenvalue weighted by molar-refractivity contribution is -0.123. The number of nitrogens with one attached hydrogen (secondary N) is 1. The number of aryl methyl sites for hydroxylation is 1. The number of nitrogens with zero attached hydrogens (tertiary/aromatic N) is 4. The van der Waals surface area contributed by atoms with Gasteiger partial charge in [-0.2, -0.15) is 5.10 Å². The van der Waals surface area contributed by atoms with Crippen LogP contribution in [0, 0.1) is 6.92 Å². The van der Waals surface area contributed by atoms with Gasteiger partial charge in [0, 0.05) is 29.9 Å². The molecule has 0 radical (unpaired) electrons. The van der Waals surface area contributed by atoms with Crippen molar-refractivity contribution in [1.82, 2.24) is 20.1 Å². The molecule has 41 heavy (non-hydrogen) atoms. The number of pyridine rings is 1. The molecule has 8 nitrogen and oxygen atoms in total. The summed E-state index contributed by atoms with van der Waals surface area (Å²) in [7, 11) is 1.63. The predicted molar refractivity (Wildman–Crippen MR) is 163 cm³/mol. The van der Waals surface area contributed by atoms with Crippen LogP contribution in [-0.4, -0.2) is 46.0 Å². The number of anilines is 1. The summed E-state index contributed by atoms with van der Waals surface area (Å²) in [5.74, 6) is 1.18. The van der Waals surface area contributed by atoms with Crippen molar-refractivity contribution in [1.29, 1.82) is 0 Å². The van der Waals surface area contributed by atoms with Gasteiger partial charge in [-0.15, -0.1) is 11.8 Å². The molecule has 3 heterocycles. The summed E-state index contributed by atoms with van der Waals surface area (Å²) in [6, 6.07) is 19.7. The Balaban J connectivity index is 1.65. The first-order chi connectivity index (χ1) is 19.7. The zero-order chi connectivity index (χ0) is 29.1. The number of hydrogen-bond acceptors (Lipinski definition) is 6. The highest BCUT2D eigenvalue weighted by Crippen LogP contribution is 2.48. The van der Waals surface area contributed by atoms with Gasteiger partial charge < -0.3 is 10.1 Å². The summed E-state index contributed by atoms with van der Waals surface area (Å²) in [4.78, 5) is 32.9. The van der Waals surface area contributed by atoms with Crippen LogP contribution >= 0.6 is 11.8 Å². The molecule has 0 aliphatic carbocycles. The fourth-order valence-corrected chi connectivity index (χ4v) is 6.16. The number of carbonyl (C=O) groups excluding carboxylic acids is 2. The molecule has 5 rings (SSSR count). The minimum absolute atomic E-state index is 0.126. The topological polar surface area (TPSA) is 89.3 Å². The van der Waals surface area contributed by atoms with Crippen molar-refractivity contribution in [2.45, 2.75) is 44.9 Å². The Morgan fingerprint density at radius 3 is 2.56 bits per heavy atom. The largest absolute Gasteiger partial charge is 0.497 e. The van der Waals surface area contributed by atoms with Crippen LogP contribution < -0.4 is 15.0 Å². The monoisotopic (exact) mass is 569 g/mol. The number of methoxy groups -OCH3 is 1. The third-order valence-corrected chi connectivity index (χ3v) is 8.23. The second kappa shape index (κ2) is 11.8. The number of ether oxygens (including phenoxy) is 1. The lowest BCUT2D eigenvalue weighted by Gasteiger charge is -2.24. The van der Waals surface area contributed by atoms with Gasteiger partial charge in [0.1, 0.15) is 18.1 Å². The molecule has 212 valence electrons. The van der Waals surface area contributed by atoms with Gasteiger partial charge in [-0.3, -0.25) is 19.5 Å². The third-order valence-electron chi connectivity index (χ3n) is 6.98. The first-order valence-corrected chi connectivity index (χ1v) is 14.6. The van der Waals surface area contributed by atoms with Gasteiger partial charge >= 0.3 is 0 Å². The normalized spacial score (nSPS) is 15.3. The Kier molecular flexibility index (Phi) is 8.17. The third kappa shape index (κ3) is 6.15. The lowest BCUT2D eigenvalue weighted by Crippen LogP contribution is -2.42. The van der Waals surface area contributed by atoms with Crippen molar-refractivity contribution in [2.75, 3.05) is 24.3 Å². The van der Waals surface area contributed by atoms with Crippen LogP contribution in [0.25, 0.3) is 5.69 Å². The Labute approximate surface area is 245 Å². The van der Waals surface area contributed by atoms with Crippen molar-refractivity contribution in [3.05, 3.63) is 101 Å². The van der Waals surface area contributed by atoms with E-state index in [9.17, 15) is 9.59 Å². The van der Waals surface area contributed by atoms with Crippen molar-refractivity contribution in [3.8, 4) is 11.4 Å². The molecule has 2 amide bonds. The molecule has 1 aliphatic rings. The molecule has 0 saturated heterocycles. The van der Waals surface area contributed by atoms with E-state index in [-0.39, 0.29) is 34.8 Å². The lowest BCUT2D eigenvalue weighted by atomic mass is 9.87. The van der Waals surface area contributed by atoms with Crippen LogP contribution in [0.1, 0.15) is 54.0 Å². The van der Waals surface area contributed by atoms with E-state index in [0.29, 0.717) is 12.4 Å². The van der Waals surface area contributed by atoms with E-state index in [1.807, 2.05) is 47.1 Å². The number of rotatable bonds is 7. The summed E-state index contributed by atoms with van der Waals surface area (Å²) >= 11 is 1.58. The fourth-order valence-electron chi connectivity index (χ4n) is 4.98. The van der Waals surface area contributed by atoms with E-state index in [4.69, 9.17) is 9.84 Å². The predicted octanol–water partition coefficient (Wildman–Crippen LogP) is 5.37. The van der Waals surface area contributed by atoms with Crippen molar-refractivity contribution >= 4 is 29.4 Å². The highest BCUT2D eigenvalue weighted by Gasteiger charge is 2.40. The molecule has 0 fully saturated rings. The molecule has 0 saturated carbocycles. The van der Waals surface area contributed by atoms with Gasteiger partial charge in [-0.05, 0) is 48.4 Å².